The van der Waals surface area contributed by atoms with Gasteiger partial charge in [0, 0.05) is 29.9 Å². The number of rotatable bonds is 7. The molecule has 1 saturated carbocycles. The van der Waals surface area contributed by atoms with Gasteiger partial charge in [-0.15, -0.1) is 11.8 Å². The highest BCUT2D eigenvalue weighted by molar-refractivity contribution is 8.00. The number of thioether (sulfide) groups is 1. The van der Waals surface area contributed by atoms with Gasteiger partial charge in [0.2, 0.25) is 5.91 Å². The molecule has 3 nitrogen and oxygen atoms in total. The molecule has 23 heavy (non-hydrogen) atoms. The largest absolute Gasteiger partial charge is 0.335 e. The molecule has 0 atom stereocenters. The first-order valence-electron chi connectivity index (χ1n) is 7.87. The van der Waals surface area contributed by atoms with E-state index < -0.39 is 0 Å². The zero-order valence-electron chi connectivity index (χ0n) is 13.0. The number of benzene rings is 1. The Bertz CT molecular complexity index is 654. The van der Waals surface area contributed by atoms with E-state index in [1.165, 1.54) is 5.56 Å². The van der Waals surface area contributed by atoms with E-state index >= 15 is 0 Å². The number of aromatic nitrogens is 1. The summed E-state index contributed by atoms with van der Waals surface area (Å²) in [6.45, 7) is 0.690. The van der Waals surface area contributed by atoms with Crippen LogP contribution in [0.1, 0.15) is 18.4 Å². The van der Waals surface area contributed by atoms with E-state index in [4.69, 9.17) is 0 Å². The van der Waals surface area contributed by atoms with Gasteiger partial charge >= 0.3 is 0 Å². The first kappa shape index (κ1) is 15.8. The van der Waals surface area contributed by atoms with Crippen molar-refractivity contribution in [3.8, 4) is 0 Å². The third-order valence-corrected chi connectivity index (χ3v) is 4.73. The molecule has 0 bridgehead atoms. The Labute approximate surface area is 141 Å². The first-order valence-corrected chi connectivity index (χ1v) is 8.85. The molecule has 0 N–H and O–H groups in total. The monoisotopic (exact) mass is 324 g/mol. The smallest absolute Gasteiger partial charge is 0.233 e. The molecule has 0 saturated heterocycles. The Kier molecular flexibility index (Phi) is 5.48. The molecule has 3 rings (SSSR count). The van der Waals surface area contributed by atoms with E-state index in [1.54, 1.807) is 24.2 Å². The summed E-state index contributed by atoms with van der Waals surface area (Å²) in [5.74, 6) is 0.701. The van der Waals surface area contributed by atoms with Gasteiger partial charge in [-0.3, -0.25) is 9.78 Å². The molecule has 1 aliphatic rings. The lowest BCUT2D eigenvalue weighted by molar-refractivity contribution is -0.128. The van der Waals surface area contributed by atoms with Gasteiger partial charge in [0.1, 0.15) is 0 Å². The molecular weight excluding hydrogens is 304 g/mol. The number of nitrogens with zero attached hydrogens (tertiary/aromatic N) is 2. The van der Waals surface area contributed by atoms with Crippen LogP contribution in [-0.2, 0) is 4.79 Å². The summed E-state index contributed by atoms with van der Waals surface area (Å²) in [6, 6.07) is 14.5. The quantitative estimate of drug-likeness (QED) is 0.725. The number of pyridine rings is 1. The van der Waals surface area contributed by atoms with Gasteiger partial charge in [-0.25, -0.2) is 0 Å². The minimum absolute atomic E-state index is 0.215. The predicted molar refractivity (Wildman–Crippen MR) is 95.2 cm³/mol. The molecule has 4 heteroatoms. The molecule has 1 aromatic carbocycles. The highest BCUT2D eigenvalue weighted by Gasteiger charge is 2.31. The Morgan fingerprint density at radius 3 is 2.61 bits per heavy atom. The normalized spacial score (nSPS) is 14.1. The van der Waals surface area contributed by atoms with Gasteiger partial charge in [-0.1, -0.05) is 42.5 Å². The van der Waals surface area contributed by atoms with Crippen LogP contribution in [0.3, 0.4) is 0 Å². The van der Waals surface area contributed by atoms with Crippen molar-refractivity contribution < 1.29 is 4.79 Å². The summed E-state index contributed by atoms with van der Waals surface area (Å²) < 4.78 is 0. The van der Waals surface area contributed by atoms with Crippen LogP contribution in [0, 0.1) is 0 Å². The number of hydrogen-bond acceptors (Lipinski definition) is 3. The maximum atomic E-state index is 12.5. The fourth-order valence-corrected chi connectivity index (χ4v) is 3.14. The molecule has 0 radical (unpaired) electrons. The molecule has 1 heterocycles. The van der Waals surface area contributed by atoms with Gasteiger partial charge in [0.05, 0.1) is 5.75 Å². The number of carbonyl (C=O) groups excluding carboxylic acids is 1. The first-order chi connectivity index (χ1) is 11.3. The SMILES string of the molecule is O=C(CSc1ccncc1)N(C/C=C/c1ccccc1)C1CC1. The summed E-state index contributed by atoms with van der Waals surface area (Å²) in [6.07, 6.45) is 9.94. The second kappa shape index (κ2) is 7.97. The minimum atomic E-state index is 0.215. The van der Waals surface area contributed by atoms with Crippen molar-refractivity contribution in [1.29, 1.82) is 0 Å². The maximum Gasteiger partial charge on any atom is 0.233 e. The van der Waals surface area contributed by atoms with E-state index in [0.717, 1.165) is 17.7 Å². The van der Waals surface area contributed by atoms with Gasteiger partial charge in [0.15, 0.2) is 0 Å². The van der Waals surface area contributed by atoms with E-state index in [0.29, 0.717) is 18.3 Å². The fourth-order valence-electron chi connectivity index (χ4n) is 2.37. The van der Waals surface area contributed by atoms with Crippen LogP contribution < -0.4 is 0 Å². The van der Waals surface area contributed by atoms with E-state index in [-0.39, 0.29) is 5.91 Å². The lowest BCUT2D eigenvalue weighted by Gasteiger charge is -2.20. The molecular formula is C19H20N2OS. The molecule has 1 aliphatic carbocycles. The van der Waals surface area contributed by atoms with Gasteiger partial charge in [0.25, 0.3) is 0 Å². The Morgan fingerprint density at radius 1 is 1.17 bits per heavy atom. The van der Waals surface area contributed by atoms with Crippen LogP contribution in [0.4, 0.5) is 0 Å². The molecule has 118 valence electrons. The zero-order chi connectivity index (χ0) is 15.9. The van der Waals surface area contributed by atoms with Crippen molar-refractivity contribution in [2.24, 2.45) is 0 Å². The summed E-state index contributed by atoms with van der Waals surface area (Å²) in [5.41, 5.74) is 1.17. The minimum Gasteiger partial charge on any atom is -0.335 e. The molecule has 1 aromatic heterocycles. The summed E-state index contributed by atoms with van der Waals surface area (Å²) >= 11 is 1.58. The van der Waals surface area contributed by atoms with Crippen molar-refractivity contribution in [2.75, 3.05) is 12.3 Å². The number of amides is 1. The molecule has 1 amide bonds. The lowest BCUT2D eigenvalue weighted by Crippen LogP contribution is -2.34. The van der Waals surface area contributed by atoms with E-state index in [9.17, 15) is 4.79 Å². The van der Waals surface area contributed by atoms with Gasteiger partial charge in [-0.2, -0.15) is 0 Å². The van der Waals surface area contributed by atoms with Gasteiger partial charge in [-0.05, 0) is 30.5 Å². The van der Waals surface area contributed by atoms with Crippen LogP contribution >= 0.6 is 11.8 Å². The second-order valence-electron chi connectivity index (χ2n) is 5.56. The zero-order valence-corrected chi connectivity index (χ0v) is 13.8. The van der Waals surface area contributed by atoms with Crippen LogP contribution in [0.15, 0.2) is 65.8 Å². The third kappa shape index (κ3) is 4.96. The standard InChI is InChI=1S/C19H20N2OS/c22-19(15-23-18-10-12-20-13-11-18)21(17-8-9-17)14-4-7-16-5-2-1-3-6-16/h1-7,10-13,17H,8-9,14-15H2/b7-4+. The van der Waals surface area contributed by atoms with Crippen LogP contribution in [0.25, 0.3) is 6.08 Å². The summed E-state index contributed by atoms with van der Waals surface area (Å²) in [7, 11) is 0. The van der Waals surface area contributed by atoms with Crippen molar-refractivity contribution in [3.63, 3.8) is 0 Å². The Morgan fingerprint density at radius 2 is 1.91 bits per heavy atom. The van der Waals surface area contributed by atoms with E-state index in [1.807, 2.05) is 35.2 Å². The average molecular weight is 324 g/mol. The Balaban J connectivity index is 1.54. The van der Waals surface area contributed by atoms with Crippen LogP contribution in [-0.4, -0.2) is 34.1 Å². The number of carbonyl (C=O) groups is 1. The lowest BCUT2D eigenvalue weighted by atomic mass is 10.2. The predicted octanol–water partition coefficient (Wildman–Crippen LogP) is 3.88. The molecule has 0 unspecified atom stereocenters. The van der Waals surface area contributed by atoms with Crippen molar-refractivity contribution in [1.82, 2.24) is 9.88 Å². The topological polar surface area (TPSA) is 33.2 Å². The fraction of sp³-hybridized carbons (Fsp3) is 0.263. The number of hydrogen-bond donors (Lipinski definition) is 0. The van der Waals surface area contributed by atoms with Crippen LogP contribution in [0.2, 0.25) is 0 Å². The highest BCUT2D eigenvalue weighted by Crippen LogP contribution is 2.28. The highest BCUT2D eigenvalue weighted by atomic mass is 32.2. The van der Waals surface area contributed by atoms with Crippen molar-refractivity contribution in [2.45, 2.75) is 23.8 Å². The Hall–Kier alpha value is -2.07. The molecule has 1 fully saturated rings. The van der Waals surface area contributed by atoms with E-state index in [2.05, 4.69) is 29.3 Å². The van der Waals surface area contributed by atoms with Crippen molar-refractivity contribution >= 4 is 23.7 Å². The van der Waals surface area contributed by atoms with Gasteiger partial charge < -0.3 is 4.90 Å². The summed E-state index contributed by atoms with van der Waals surface area (Å²) in [5, 5.41) is 0. The molecule has 2 aromatic rings. The molecule has 0 aliphatic heterocycles. The van der Waals surface area contributed by atoms with Crippen molar-refractivity contribution in [3.05, 3.63) is 66.5 Å². The second-order valence-corrected chi connectivity index (χ2v) is 6.61. The third-order valence-electron chi connectivity index (χ3n) is 3.73. The van der Waals surface area contributed by atoms with Crippen LogP contribution in [0.5, 0.6) is 0 Å². The summed E-state index contributed by atoms with van der Waals surface area (Å²) in [4.78, 5) is 19.6. The molecule has 0 spiro atoms. The average Bonchev–Trinajstić information content (AvgIpc) is 3.43. The maximum absolute atomic E-state index is 12.5.